The number of amides is 4. The molecular formula is C23H32N4O4. The number of nitrogens with zero attached hydrogens (tertiary/aromatic N) is 2. The van der Waals surface area contributed by atoms with Crippen molar-refractivity contribution in [1.82, 2.24) is 20.4 Å². The molecule has 3 heterocycles. The topological polar surface area (TPSA) is 91.0 Å². The van der Waals surface area contributed by atoms with E-state index < -0.39 is 12.1 Å². The number of benzene rings is 1. The van der Waals surface area contributed by atoms with Crippen LogP contribution in [0.15, 0.2) is 24.3 Å². The van der Waals surface area contributed by atoms with Crippen molar-refractivity contribution in [2.75, 3.05) is 26.7 Å². The molecule has 0 aromatic heterocycles. The van der Waals surface area contributed by atoms with Crippen LogP contribution in [0.4, 0.5) is 4.79 Å². The Labute approximate surface area is 183 Å². The first-order valence-electron chi connectivity index (χ1n) is 11.3. The zero-order valence-electron chi connectivity index (χ0n) is 18.1. The number of hydrogen-bond acceptors (Lipinski definition) is 5. The maximum Gasteiger partial charge on any atom is 0.325 e. The lowest BCUT2D eigenvalue weighted by Gasteiger charge is -2.44. The minimum absolute atomic E-state index is 0.0336. The second-order valence-corrected chi connectivity index (χ2v) is 8.75. The van der Waals surface area contributed by atoms with Crippen LogP contribution >= 0.6 is 0 Å². The third-order valence-electron chi connectivity index (χ3n) is 6.81. The standard InChI is InChI=1S/C23H32N4O4/c1-31-20-10-3-2-7-17(20)15-27-22(29)18(25-23(27)30)13-21(28)24-14-16-8-6-12-26-11-5-4-9-19(16)26/h2-3,7,10,16,18-19H,4-6,8-9,11-15H2,1H3,(H,24,28)(H,25,30)/t16-,18+,19+/m0/s1. The lowest BCUT2D eigenvalue weighted by molar-refractivity contribution is -0.131. The summed E-state index contributed by atoms with van der Waals surface area (Å²) in [5, 5.41) is 5.68. The maximum atomic E-state index is 12.8. The number of hydrogen-bond donors (Lipinski definition) is 2. The van der Waals surface area contributed by atoms with Crippen LogP contribution in [0.1, 0.15) is 44.1 Å². The molecule has 3 atom stereocenters. The van der Waals surface area contributed by atoms with Gasteiger partial charge in [-0.1, -0.05) is 24.6 Å². The van der Waals surface area contributed by atoms with Gasteiger partial charge in [0.05, 0.1) is 20.1 Å². The minimum atomic E-state index is -0.820. The van der Waals surface area contributed by atoms with Crippen LogP contribution in [0.25, 0.3) is 0 Å². The molecule has 0 saturated carbocycles. The van der Waals surface area contributed by atoms with Gasteiger partial charge in [-0.3, -0.25) is 14.5 Å². The lowest BCUT2D eigenvalue weighted by atomic mass is 9.83. The predicted octanol–water partition coefficient (Wildman–Crippen LogP) is 1.89. The van der Waals surface area contributed by atoms with Crippen LogP contribution in [0.3, 0.4) is 0 Å². The molecular weight excluding hydrogens is 396 g/mol. The Bertz CT molecular complexity index is 828. The third kappa shape index (κ3) is 4.84. The first kappa shape index (κ1) is 21.6. The Kier molecular flexibility index (Phi) is 6.75. The monoisotopic (exact) mass is 428 g/mol. The Balaban J connectivity index is 1.29. The van der Waals surface area contributed by atoms with Crippen molar-refractivity contribution in [2.45, 2.75) is 57.2 Å². The molecule has 3 aliphatic heterocycles. The molecule has 0 bridgehead atoms. The number of imide groups is 1. The van der Waals surface area contributed by atoms with E-state index in [4.69, 9.17) is 4.74 Å². The highest BCUT2D eigenvalue weighted by atomic mass is 16.5. The number of methoxy groups -OCH3 is 1. The number of carbonyl (C=O) groups is 3. The average molecular weight is 429 g/mol. The third-order valence-corrected chi connectivity index (χ3v) is 6.81. The van der Waals surface area contributed by atoms with Crippen LogP contribution in [-0.2, 0) is 16.1 Å². The van der Waals surface area contributed by atoms with Gasteiger partial charge in [0, 0.05) is 18.2 Å². The van der Waals surface area contributed by atoms with Gasteiger partial charge in [0.1, 0.15) is 11.8 Å². The molecule has 31 heavy (non-hydrogen) atoms. The van der Waals surface area contributed by atoms with Crippen molar-refractivity contribution in [3.05, 3.63) is 29.8 Å². The smallest absolute Gasteiger partial charge is 0.325 e. The van der Waals surface area contributed by atoms with E-state index in [1.54, 1.807) is 13.2 Å². The van der Waals surface area contributed by atoms with Gasteiger partial charge in [0.2, 0.25) is 5.91 Å². The molecule has 4 rings (SSSR count). The summed E-state index contributed by atoms with van der Waals surface area (Å²) >= 11 is 0. The fourth-order valence-corrected chi connectivity index (χ4v) is 5.19. The molecule has 1 aromatic carbocycles. The molecule has 3 aliphatic rings. The van der Waals surface area contributed by atoms with E-state index in [0.29, 0.717) is 24.3 Å². The van der Waals surface area contributed by atoms with E-state index in [1.165, 1.54) is 38.8 Å². The largest absolute Gasteiger partial charge is 0.496 e. The van der Waals surface area contributed by atoms with Crippen LogP contribution < -0.4 is 15.4 Å². The summed E-state index contributed by atoms with van der Waals surface area (Å²) in [6, 6.07) is 6.54. The molecule has 1 aromatic rings. The van der Waals surface area contributed by atoms with Crippen molar-refractivity contribution in [3.63, 3.8) is 0 Å². The molecule has 8 nitrogen and oxygen atoms in total. The number of carbonyl (C=O) groups excluding carboxylic acids is 3. The Morgan fingerprint density at radius 1 is 1.16 bits per heavy atom. The second-order valence-electron chi connectivity index (χ2n) is 8.75. The molecule has 0 aliphatic carbocycles. The summed E-state index contributed by atoms with van der Waals surface area (Å²) in [4.78, 5) is 41.4. The Morgan fingerprint density at radius 3 is 2.81 bits per heavy atom. The highest BCUT2D eigenvalue weighted by Gasteiger charge is 2.39. The molecule has 168 valence electrons. The van der Waals surface area contributed by atoms with E-state index in [9.17, 15) is 14.4 Å². The SMILES string of the molecule is COc1ccccc1CN1C(=O)N[C@H](CC(=O)NC[C@@H]2CCCN3CCCC[C@H]23)C1=O. The highest BCUT2D eigenvalue weighted by Crippen LogP contribution is 2.30. The van der Waals surface area contributed by atoms with Crippen molar-refractivity contribution < 1.29 is 19.1 Å². The minimum Gasteiger partial charge on any atom is -0.496 e. The van der Waals surface area contributed by atoms with Crippen molar-refractivity contribution >= 4 is 17.8 Å². The molecule has 3 fully saturated rings. The lowest BCUT2D eigenvalue weighted by Crippen LogP contribution is -2.51. The van der Waals surface area contributed by atoms with Gasteiger partial charge < -0.3 is 20.3 Å². The van der Waals surface area contributed by atoms with Gasteiger partial charge in [-0.2, -0.15) is 0 Å². The van der Waals surface area contributed by atoms with Crippen molar-refractivity contribution in [2.24, 2.45) is 5.92 Å². The van der Waals surface area contributed by atoms with E-state index in [0.717, 1.165) is 16.9 Å². The van der Waals surface area contributed by atoms with Crippen LogP contribution in [0, 0.1) is 5.92 Å². The number of nitrogens with one attached hydrogen (secondary N) is 2. The fourth-order valence-electron chi connectivity index (χ4n) is 5.19. The first-order chi connectivity index (χ1) is 15.1. The van der Waals surface area contributed by atoms with Crippen molar-refractivity contribution in [3.8, 4) is 5.75 Å². The summed E-state index contributed by atoms with van der Waals surface area (Å²) in [7, 11) is 1.55. The Morgan fingerprint density at radius 2 is 1.97 bits per heavy atom. The van der Waals surface area contributed by atoms with Gasteiger partial charge in [0.25, 0.3) is 5.91 Å². The van der Waals surface area contributed by atoms with Gasteiger partial charge >= 0.3 is 6.03 Å². The first-order valence-corrected chi connectivity index (χ1v) is 11.3. The van der Waals surface area contributed by atoms with E-state index in [1.807, 2.05) is 18.2 Å². The number of ether oxygens (including phenoxy) is 1. The number of fused-ring (bicyclic) bond motifs is 1. The zero-order valence-corrected chi connectivity index (χ0v) is 18.1. The average Bonchev–Trinajstić information content (AvgIpc) is 3.05. The molecule has 0 unspecified atom stereocenters. The van der Waals surface area contributed by atoms with Gasteiger partial charge in [-0.05, 0) is 50.8 Å². The summed E-state index contributed by atoms with van der Waals surface area (Å²) in [5.41, 5.74) is 0.743. The van der Waals surface area contributed by atoms with Crippen LogP contribution in [0.2, 0.25) is 0 Å². The zero-order chi connectivity index (χ0) is 21.8. The van der Waals surface area contributed by atoms with Gasteiger partial charge in [-0.25, -0.2) is 4.79 Å². The molecule has 2 N–H and O–H groups in total. The summed E-state index contributed by atoms with van der Waals surface area (Å²) < 4.78 is 5.31. The van der Waals surface area contributed by atoms with Gasteiger partial charge in [0.15, 0.2) is 0 Å². The molecule has 0 spiro atoms. The van der Waals surface area contributed by atoms with Crippen molar-refractivity contribution in [1.29, 1.82) is 0 Å². The normalized spacial score (nSPS) is 26.4. The van der Waals surface area contributed by atoms with Crippen LogP contribution in [-0.4, -0.2) is 66.5 Å². The number of urea groups is 1. The van der Waals surface area contributed by atoms with E-state index >= 15 is 0 Å². The molecule has 4 amide bonds. The number of rotatable bonds is 7. The fraction of sp³-hybridized carbons (Fsp3) is 0.609. The van der Waals surface area contributed by atoms with E-state index in [2.05, 4.69) is 15.5 Å². The second kappa shape index (κ2) is 9.68. The van der Waals surface area contributed by atoms with Gasteiger partial charge in [-0.15, -0.1) is 0 Å². The quantitative estimate of drug-likeness (QED) is 0.647. The Hall–Kier alpha value is -2.61. The highest BCUT2D eigenvalue weighted by molar-refractivity contribution is 6.05. The maximum absolute atomic E-state index is 12.8. The molecule has 0 radical (unpaired) electrons. The number of para-hydroxylation sites is 1. The molecule has 8 heteroatoms. The summed E-state index contributed by atoms with van der Waals surface area (Å²) in [5.74, 6) is 0.523. The summed E-state index contributed by atoms with van der Waals surface area (Å²) in [6.07, 6.45) is 6.00. The molecule has 3 saturated heterocycles. The van der Waals surface area contributed by atoms with E-state index in [-0.39, 0.29) is 24.8 Å². The summed E-state index contributed by atoms with van der Waals surface area (Å²) in [6.45, 7) is 3.09. The van der Waals surface area contributed by atoms with Crippen LogP contribution in [0.5, 0.6) is 5.75 Å². The predicted molar refractivity (Wildman–Crippen MR) is 115 cm³/mol. The number of piperidine rings is 2.